The third kappa shape index (κ3) is 2.94. The molecule has 0 fully saturated rings. The van der Waals surface area contributed by atoms with E-state index in [1.165, 1.54) is 36.9 Å². The van der Waals surface area contributed by atoms with Gasteiger partial charge in [-0.25, -0.2) is 9.18 Å². The lowest BCUT2D eigenvalue weighted by Gasteiger charge is -2.15. The summed E-state index contributed by atoms with van der Waals surface area (Å²) in [6, 6.07) is 7.24. The number of halogens is 1. The molecule has 0 saturated carbocycles. The molecule has 0 radical (unpaired) electrons. The number of aryl methyl sites for hydroxylation is 1. The average Bonchev–Trinajstić information content (AvgIpc) is 2.45. The first kappa shape index (κ1) is 14.8. The van der Waals surface area contributed by atoms with Gasteiger partial charge in [-0.15, -0.1) is 0 Å². The second-order valence-corrected chi connectivity index (χ2v) is 4.59. The molecule has 0 aliphatic carbocycles. The first-order chi connectivity index (χ1) is 9.93. The third-order valence-electron chi connectivity index (χ3n) is 3.10. The molecular formula is C15H15FN2O3. The number of carbonyl (C=O) groups is 1. The van der Waals surface area contributed by atoms with Gasteiger partial charge in [0.2, 0.25) is 0 Å². The summed E-state index contributed by atoms with van der Waals surface area (Å²) in [7, 11) is 2.73. The van der Waals surface area contributed by atoms with Crippen molar-refractivity contribution in [2.75, 3.05) is 12.4 Å². The van der Waals surface area contributed by atoms with Crippen molar-refractivity contribution in [1.82, 2.24) is 4.57 Å². The number of methoxy groups -OCH3 is 1. The Bertz CT molecular complexity index is 753. The Morgan fingerprint density at radius 3 is 2.62 bits per heavy atom. The number of carbonyl (C=O) groups excluding carboxylic acids is 1. The van der Waals surface area contributed by atoms with Crippen molar-refractivity contribution >= 4 is 17.5 Å². The minimum absolute atomic E-state index is 0.152. The zero-order valence-corrected chi connectivity index (χ0v) is 11.9. The van der Waals surface area contributed by atoms with Gasteiger partial charge in [-0.1, -0.05) is 6.07 Å². The average molecular weight is 290 g/mol. The van der Waals surface area contributed by atoms with Crippen molar-refractivity contribution in [3.63, 3.8) is 0 Å². The lowest BCUT2D eigenvalue weighted by molar-refractivity contribution is 0.0601. The summed E-state index contributed by atoms with van der Waals surface area (Å²) in [5.41, 5.74) is 0.775. The number of rotatable bonds is 3. The van der Waals surface area contributed by atoms with E-state index in [1.807, 2.05) is 0 Å². The fourth-order valence-corrected chi connectivity index (χ4v) is 1.91. The minimum Gasteiger partial charge on any atom is -0.465 e. The molecule has 5 nitrogen and oxygen atoms in total. The standard InChI is InChI=1S/C15H15FN2O3/c1-9-4-6-12(11(16)8-9)17-14-10(15(20)21-3)5-7-13(19)18(14)2/h4-8,17H,1-3H3. The summed E-state index contributed by atoms with van der Waals surface area (Å²) >= 11 is 0. The van der Waals surface area contributed by atoms with E-state index in [4.69, 9.17) is 0 Å². The Morgan fingerprint density at radius 2 is 2.00 bits per heavy atom. The molecule has 1 heterocycles. The van der Waals surface area contributed by atoms with E-state index in [9.17, 15) is 14.0 Å². The molecule has 0 saturated heterocycles. The van der Waals surface area contributed by atoms with Crippen LogP contribution in [0.15, 0.2) is 35.1 Å². The molecule has 21 heavy (non-hydrogen) atoms. The Hall–Kier alpha value is -2.63. The van der Waals surface area contributed by atoms with Crippen LogP contribution in [0.2, 0.25) is 0 Å². The second-order valence-electron chi connectivity index (χ2n) is 4.59. The topological polar surface area (TPSA) is 60.3 Å². The van der Waals surface area contributed by atoms with Crippen LogP contribution in [0.5, 0.6) is 0 Å². The minimum atomic E-state index is -0.611. The van der Waals surface area contributed by atoms with Crippen molar-refractivity contribution in [1.29, 1.82) is 0 Å². The molecule has 110 valence electrons. The van der Waals surface area contributed by atoms with E-state index in [0.29, 0.717) is 0 Å². The number of pyridine rings is 1. The summed E-state index contributed by atoms with van der Waals surface area (Å²) in [6.45, 7) is 1.77. The van der Waals surface area contributed by atoms with Gasteiger partial charge >= 0.3 is 5.97 Å². The monoisotopic (exact) mass is 290 g/mol. The number of hydrogen-bond donors (Lipinski definition) is 1. The van der Waals surface area contributed by atoms with Crippen molar-refractivity contribution in [3.8, 4) is 0 Å². The summed E-state index contributed by atoms with van der Waals surface area (Å²) in [5.74, 6) is -0.903. The molecule has 1 aromatic carbocycles. The second kappa shape index (κ2) is 5.78. The number of ether oxygens (including phenoxy) is 1. The van der Waals surface area contributed by atoms with E-state index in [0.717, 1.165) is 5.56 Å². The number of nitrogens with one attached hydrogen (secondary N) is 1. The maximum atomic E-state index is 13.9. The first-order valence-corrected chi connectivity index (χ1v) is 6.25. The van der Waals surface area contributed by atoms with E-state index in [2.05, 4.69) is 10.1 Å². The van der Waals surface area contributed by atoms with Crippen molar-refractivity contribution < 1.29 is 13.9 Å². The van der Waals surface area contributed by atoms with Gasteiger partial charge in [0.1, 0.15) is 17.2 Å². The van der Waals surface area contributed by atoms with E-state index >= 15 is 0 Å². The van der Waals surface area contributed by atoms with Crippen molar-refractivity contribution in [2.45, 2.75) is 6.92 Å². The Labute approximate surface area is 121 Å². The highest BCUT2D eigenvalue weighted by atomic mass is 19.1. The fourth-order valence-electron chi connectivity index (χ4n) is 1.91. The van der Waals surface area contributed by atoms with Gasteiger partial charge in [-0.2, -0.15) is 0 Å². The third-order valence-corrected chi connectivity index (χ3v) is 3.10. The highest BCUT2D eigenvalue weighted by molar-refractivity contribution is 5.95. The molecule has 6 heteroatoms. The molecule has 0 spiro atoms. The van der Waals surface area contributed by atoms with Gasteiger partial charge in [0, 0.05) is 13.1 Å². The molecule has 1 N–H and O–H groups in total. The molecule has 0 bridgehead atoms. The van der Waals surface area contributed by atoms with Crippen LogP contribution in [0.1, 0.15) is 15.9 Å². The number of hydrogen-bond acceptors (Lipinski definition) is 4. The van der Waals surface area contributed by atoms with Gasteiger partial charge < -0.3 is 10.1 Å². The van der Waals surface area contributed by atoms with Crippen LogP contribution in [0.3, 0.4) is 0 Å². The van der Waals surface area contributed by atoms with Crippen LogP contribution in [-0.2, 0) is 11.8 Å². The molecule has 0 unspecified atom stereocenters. The normalized spacial score (nSPS) is 10.3. The van der Waals surface area contributed by atoms with Gasteiger partial charge in [0.15, 0.2) is 0 Å². The Balaban J connectivity index is 2.54. The largest absolute Gasteiger partial charge is 0.465 e. The van der Waals surface area contributed by atoms with Crippen LogP contribution in [0, 0.1) is 12.7 Å². The van der Waals surface area contributed by atoms with Crippen LogP contribution >= 0.6 is 0 Å². The maximum absolute atomic E-state index is 13.9. The molecular weight excluding hydrogens is 275 g/mol. The number of anilines is 2. The highest BCUT2D eigenvalue weighted by Crippen LogP contribution is 2.23. The van der Waals surface area contributed by atoms with Gasteiger partial charge in [0.25, 0.3) is 5.56 Å². The lowest BCUT2D eigenvalue weighted by Crippen LogP contribution is -2.22. The molecule has 0 aliphatic rings. The molecule has 1 aromatic heterocycles. The summed E-state index contributed by atoms with van der Waals surface area (Å²) in [4.78, 5) is 23.5. The quantitative estimate of drug-likeness (QED) is 0.882. The Kier molecular flexibility index (Phi) is 4.07. The Morgan fingerprint density at radius 1 is 1.29 bits per heavy atom. The molecule has 2 aromatic rings. The van der Waals surface area contributed by atoms with Crippen LogP contribution in [0.25, 0.3) is 0 Å². The predicted octanol–water partition coefficient (Wildman–Crippen LogP) is 2.36. The van der Waals surface area contributed by atoms with Gasteiger partial charge in [-0.3, -0.25) is 9.36 Å². The first-order valence-electron chi connectivity index (χ1n) is 6.25. The summed E-state index contributed by atoms with van der Waals surface area (Å²) < 4.78 is 19.8. The predicted molar refractivity (Wildman–Crippen MR) is 77.4 cm³/mol. The lowest BCUT2D eigenvalue weighted by atomic mass is 10.2. The molecule has 0 aliphatic heterocycles. The van der Waals surface area contributed by atoms with E-state index < -0.39 is 11.8 Å². The van der Waals surface area contributed by atoms with Gasteiger partial charge in [0.05, 0.1) is 12.8 Å². The number of aromatic nitrogens is 1. The van der Waals surface area contributed by atoms with Crippen LogP contribution in [-0.4, -0.2) is 17.6 Å². The van der Waals surface area contributed by atoms with E-state index in [1.54, 1.807) is 19.1 Å². The SMILES string of the molecule is COC(=O)c1ccc(=O)n(C)c1Nc1ccc(C)cc1F. The number of benzene rings is 1. The zero-order valence-electron chi connectivity index (χ0n) is 11.9. The highest BCUT2D eigenvalue weighted by Gasteiger charge is 2.16. The fraction of sp³-hybridized carbons (Fsp3) is 0.200. The number of nitrogens with zero attached hydrogens (tertiary/aromatic N) is 1. The molecule has 2 rings (SSSR count). The molecule has 0 amide bonds. The van der Waals surface area contributed by atoms with Gasteiger partial charge in [-0.05, 0) is 30.7 Å². The van der Waals surface area contributed by atoms with Crippen LogP contribution < -0.4 is 10.9 Å². The van der Waals surface area contributed by atoms with Crippen LogP contribution in [0.4, 0.5) is 15.9 Å². The number of esters is 1. The summed E-state index contributed by atoms with van der Waals surface area (Å²) in [6.07, 6.45) is 0. The summed E-state index contributed by atoms with van der Waals surface area (Å²) in [5, 5.41) is 2.78. The zero-order chi connectivity index (χ0) is 15.6. The smallest absolute Gasteiger partial charge is 0.341 e. The van der Waals surface area contributed by atoms with Crippen molar-refractivity contribution in [3.05, 3.63) is 57.6 Å². The maximum Gasteiger partial charge on any atom is 0.341 e. The van der Waals surface area contributed by atoms with E-state index in [-0.39, 0.29) is 22.6 Å². The van der Waals surface area contributed by atoms with Crippen molar-refractivity contribution in [2.24, 2.45) is 7.05 Å². The molecule has 0 atom stereocenters.